The fraction of sp³-hybridized carbons (Fsp3) is 0.625. The number of hydrogen-bond acceptors (Lipinski definition) is 6. The maximum atomic E-state index is 12.1. The monoisotopic (exact) mass is 321 g/mol. The van der Waals surface area contributed by atoms with E-state index in [1.807, 2.05) is 20.8 Å². The van der Waals surface area contributed by atoms with E-state index in [9.17, 15) is 14.9 Å². The van der Waals surface area contributed by atoms with E-state index in [1.165, 1.54) is 12.3 Å². The van der Waals surface area contributed by atoms with Crippen LogP contribution >= 0.6 is 0 Å². The molecule has 126 valence electrons. The molecule has 0 saturated carbocycles. The van der Waals surface area contributed by atoms with Gasteiger partial charge in [-0.05, 0) is 45.6 Å². The second-order valence-electron chi connectivity index (χ2n) is 6.34. The summed E-state index contributed by atoms with van der Waals surface area (Å²) in [6, 6.07) is 3.14. The van der Waals surface area contributed by atoms with E-state index in [1.54, 1.807) is 6.07 Å². The number of anilines is 1. The lowest BCUT2D eigenvalue weighted by molar-refractivity contribution is -0.385. The number of ether oxygens (including phenoxy) is 1. The lowest BCUT2D eigenvalue weighted by Crippen LogP contribution is -2.43. The molecule has 0 atom stereocenters. The van der Waals surface area contributed by atoms with E-state index in [2.05, 4.69) is 9.88 Å². The number of carbonyl (C=O) groups excluding carboxylic acids is 1. The number of rotatable bonds is 5. The highest BCUT2D eigenvalue weighted by Crippen LogP contribution is 2.37. The van der Waals surface area contributed by atoms with Crippen molar-refractivity contribution in [1.29, 1.82) is 0 Å². The molecule has 1 saturated heterocycles. The second-order valence-corrected chi connectivity index (χ2v) is 6.34. The van der Waals surface area contributed by atoms with Gasteiger partial charge in [0.2, 0.25) is 0 Å². The van der Waals surface area contributed by atoms with Gasteiger partial charge in [0.25, 0.3) is 5.69 Å². The van der Waals surface area contributed by atoms with Gasteiger partial charge in [-0.25, -0.2) is 4.98 Å². The molecule has 0 aromatic carbocycles. The first-order chi connectivity index (χ1) is 10.9. The summed E-state index contributed by atoms with van der Waals surface area (Å²) in [4.78, 5) is 28.6. The predicted octanol–water partition coefficient (Wildman–Crippen LogP) is 2.80. The fourth-order valence-corrected chi connectivity index (χ4v) is 2.99. The Balaban J connectivity index is 1.98. The van der Waals surface area contributed by atoms with Gasteiger partial charge in [-0.3, -0.25) is 14.9 Å². The zero-order chi connectivity index (χ0) is 17.0. The first kappa shape index (κ1) is 17.2. The largest absolute Gasteiger partial charge is 0.466 e. The molecule has 1 aliphatic heterocycles. The van der Waals surface area contributed by atoms with E-state index in [0.717, 1.165) is 31.7 Å². The maximum absolute atomic E-state index is 12.1. The molecular weight excluding hydrogens is 298 g/mol. The zero-order valence-electron chi connectivity index (χ0n) is 13.8. The van der Waals surface area contributed by atoms with Crippen LogP contribution in [0.2, 0.25) is 0 Å². The third-order valence-corrected chi connectivity index (χ3v) is 4.58. The topological polar surface area (TPSA) is 85.6 Å². The van der Waals surface area contributed by atoms with Crippen molar-refractivity contribution in [2.75, 3.05) is 24.6 Å². The summed E-state index contributed by atoms with van der Waals surface area (Å²) < 4.78 is 5.18. The van der Waals surface area contributed by atoms with Gasteiger partial charge in [0, 0.05) is 19.2 Å². The number of nitrogens with zero attached hydrogens (tertiary/aromatic N) is 3. The van der Waals surface area contributed by atoms with Gasteiger partial charge in [-0.1, -0.05) is 0 Å². The van der Waals surface area contributed by atoms with Crippen molar-refractivity contribution in [3.05, 3.63) is 28.4 Å². The number of nitro groups is 1. The van der Waals surface area contributed by atoms with Crippen LogP contribution in [0.25, 0.3) is 0 Å². The molecular formula is C16H23N3O4. The molecule has 0 N–H and O–H groups in total. The molecule has 7 nitrogen and oxygen atoms in total. The summed E-state index contributed by atoms with van der Waals surface area (Å²) in [7, 11) is 0. The average Bonchev–Trinajstić information content (AvgIpc) is 2.55. The molecule has 1 fully saturated rings. The number of esters is 1. The Bertz CT molecular complexity index is 563. The molecule has 0 radical (unpaired) electrons. The maximum Gasteiger partial charge on any atom is 0.311 e. The Morgan fingerprint density at radius 3 is 2.57 bits per heavy atom. The van der Waals surface area contributed by atoms with Crippen LogP contribution in [-0.2, 0) is 9.53 Å². The number of aromatic nitrogens is 1. The summed E-state index contributed by atoms with van der Waals surface area (Å²) in [5, 5.41) is 10.7. The lowest BCUT2D eigenvalue weighted by atomic mass is 9.73. The Morgan fingerprint density at radius 2 is 2.09 bits per heavy atom. The summed E-state index contributed by atoms with van der Waals surface area (Å²) >= 11 is 0. The Labute approximate surface area is 135 Å². The second kappa shape index (κ2) is 6.93. The van der Waals surface area contributed by atoms with E-state index >= 15 is 0 Å². The minimum atomic E-state index is -0.495. The molecule has 0 unspecified atom stereocenters. The molecule has 2 heterocycles. The molecule has 0 amide bonds. The van der Waals surface area contributed by atoms with E-state index in [-0.39, 0.29) is 17.6 Å². The van der Waals surface area contributed by atoms with Crippen LogP contribution in [0.3, 0.4) is 0 Å². The van der Waals surface area contributed by atoms with Gasteiger partial charge in [0.05, 0.1) is 16.9 Å². The van der Waals surface area contributed by atoms with Gasteiger partial charge in [0.15, 0.2) is 0 Å². The highest BCUT2D eigenvalue weighted by molar-refractivity contribution is 5.76. The van der Waals surface area contributed by atoms with Crippen LogP contribution < -0.4 is 4.90 Å². The van der Waals surface area contributed by atoms with Crippen LogP contribution in [-0.4, -0.2) is 35.6 Å². The molecule has 0 bridgehead atoms. The first-order valence-electron chi connectivity index (χ1n) is 7.89. The number of carbonyl (C=O) groups is 1. The van der Waals surface area contributed by atoms with Gasteiger partial charge < -0.3 is 9.64 Å². The van der Waals surface area contributed by atoms with Gasteiger partial charge >= 0.3 is 5.97 Å². The summed E-state index contributed by atoms with van der Waals surface area (Å²) in [6.07, 6.45) is 3.01. The van der Waals surface area contributed by atoms with Crippen LogP contribution in [0.15, 0.2) is 18.3 Å². The molecule has 1 aliphatic rings. The third-order valence-electron chi connectivity index (χ3n) is 4.58. The van der Waals surface area contributed by atoms with Crippen molar-refractivity contribution in [3.63, 3.8) is 0 Å². The molecule has 1 aromatic rings. The molecule has 2 rings (SSSR count). The van der Waals surface area contributed by atoms with Crippen molar-refractivity contribution < 1.29 is 14.5 Å². The Hall–Kier alpha value is -2.18. The minimum Gasteiger partial charge on any atom is -0.466 e. The summed E-state index contributed by atoms with van der Waals surface area (Å²) in [6.45, 7) is 7.65. The Morgan fingerprint density at radius 1 is 1.43 bits per heavy atom. The van der Waals surface area contributed by atoms with Crippen LogP contribution in [0.4, 0.5) is 11.5 Å². The first-order valence-corrected chi connectivity index (χ1v) is 7.89. The van der Waals surface area contributed by atoms with Crippen LogP contribution in [0.1, 0.15) is 33.6 Å². The minimum absolute atomic E-state index is 0.00733. The van der Waals surface area contributed by atoms with Gasteiger partial charge in [0.1, 0.15) is 12.0 Å². The van der Waals surface area contributed by atoms with Crippen molar-refractivity contribution in [1.82, 2.24) is 4.98 Å². The number of hydrogen-bond donors (Lipinski definition) is 0. The molecule has 0 spiro atoms. The quantitative estimate of drug-likeness (QED) is 0.471. The highest BCUT2D eigenvalue weighted by atomic mass is 16.6. The SMILES string of the molecule is CCOC(=O)C(C)(C)C1CCN(c2ccc([N+](=O)[O-])cn2)CC1. The van der Waals surface area contributed by atoms with Crippen LogP contribution in [0, 0.1) is 21.4 Å². The third kappa shape index (κ3) is 3.78. The van der Waals surface area contributed by atoms with E-state index in [4.69, 9.17) is 4.74 Å². The summed E-state index contributed by atoms with van der Waals surface area (Å²) in [5.41, 5.74) is -0.502. The van der Waals surface area contributed by atoms with Crippen molar-refractivity contribution >= 4 is 17.5 Å². The zero-order valence-corrected chi connectivity index (χ0v) is 13.8. The molecule has 1 aromatic heterocycles. The lowest BCUT2D eigenvalue weighted by Gasteiger charge is -2.39. The smallest absolute Gasteiger partial charge is 0.311 e. The van der Waals surface area contributed by atoms with Crippen molar-refractivity contribution in [2.24, 2.45) is 11.3 Å². The van der Waals surface area contributed by atoms with Gasteiger partial charge in [-0.2, -0.15) is 0 Å². The Kier molecular flexibility index (Phi) is 5.18. The number of pyridine rings is 1. The fourth-order valence-electron chi connectivity index (χ4n) is 2.99. The van der Waals surface area contributed by atoms with Gasteiger partial charge in [-0.15, -0.1) is 0 Å². The molecule has 0 aliphatic carbocycles. The average molecular weight is 321 g/mol. The van der Waals surface area contributed by atoms with Crippen LogP contribution in [0.5, 0.6) is 0 Å². The van der Waals surface area contributed by atoms with E-state index in [0.29, 0.717) is 6.61 Å². The number of piperidine rings is 1. The highest BCUT2D eigenvalue weighted by Gasteiger charge is 2.39. The molecule has 7 heteroatoms. The van der Waals surface area contributed by atoms with Crippen molar-refractivity contribution in [2.45, 2.75) is 33.6 Å². The summed E-state index contributed by atoms with van der Waals surface area (Å²) in [5.74, 6) is 0.853. The normalized spacial score (nSPS) is 16.2. The van der Waals surface area contributed by atoms with Crippen molar-refractivity contribution in [3.8, 4) is 0 Å². The standard InChI is InChI=1S/C16H23N3O4/c1-4-23-15(20)16(2,3)12-7-9-18(10-8-12)14-6-5-13(11-17-14)19(21)22/h5-6,11-12H,4,7-10H2,1-3H3. The van der Waals surface area contributed by atoms with E-state index < -0.39 is 10.3 Å². The molecule has 23 heavy (non-hydrogen) atoms. The predicted molar refractivity (Wildman–Crippen MR) is 86.2 cm³/mol.